The fourth-order valence-corrected chi connectivity index (χ4v) is 2.66. The van der Waals surface area contributed by atoms with E-state index in [4.69, 9.17) is 5.73 Å². The topological polar surface area (TPSA) is 26.0 Å². The van der Waals surface area contributed by atoms with Crippen LogP contribution in [0.1, 0.15) is 64.5 Å². The summed E-state index contributed by atoms with van der Waals surface area (Å²) in [5.41, 5.74) is 7.64. The lowest BCUT2D eigenvalue weighted by molar-refractivity contribution is 0.319. The van der Waals surface area contributed by atoms with Crippen LogP contribution in [0, 0.1) is 11.8 Å². The molecule has 102 valence electrons. The van der Waals surface area contributed by atoms with Crippen LogP contribution < -0.4 is 5.73 Å². The third-order valence-corrected chi connectivity index (χ3v) is 4.05. The minimum atomic E-state index is 0.182. The van der Waals surface area contributed by atoms with E-state index in [0.717, 1.165) is 5.92 Å². The van der Waals surface area contributed by atoms with Gasteiger partial charge in [0.05, 0.1) is 0 Å². The first kappa shape index (κ1) is 15.2. The van der Waals surface area contributed by atoms with Crippen LogP contribution in [0.5, 0.6) is 0 Å². The summed E-state index contributed by atoms with van der Waals surface area (Å²) in [6.45, 7) is 6.87. The van der Waals surface area contributed by atoms with E-state index in [1.807, 2.05) is 0 Å². The van der Waals surface area contributed by atoms with Crippen molar-refractivity contribution in [3.05, 3.63) is 35.9 Å². The summed E-state index contributed by atoms with van der Waals surface area (Å²) in [6, 6.07) is 10.7. The van der Waals surface area contributed by atoms with Crippen molar-refractivity contribution < 1.29 is 0 Å². The normalized spacial score (nSPS) is 16.2. The van der Waals surface area contributed by atoms with Crippen molar-refractivity contribution >= 4 is 0 Å². The fraction of sp³-hybridized carbons (Fsp3) is 0.647. The average molecular weight is 247 g/mol. The van der Waals surface area contributed by atoms with Crippen molar-refractivity contribution in [2.75, 3.05) is 0 Å². The molecule has 0 radical (unpaired) electrons. The van der Waals surface area contributed by atoms with E-state index >= 15 is 0 Å². The number of benzene rings is 1. The Morgan fingerprint density at radius 1 is 1.11 bits per heavy atom. The molecule has 0 saturated heterocycles. The van der Waals surface area contributed by atoms with E-state index in [0.29, 0.717) is 5.92 Å². The van der Waals surface area contributed by atoms with Crippen molar-refractivity contribution in [3.8, 4) is 0 Å². The lowest BCUT2D eigenvalue weighted by atomic mass is 9.84. The molecule has 0 heterocycles. The number of unbranched alkanes of at least 4 members (excludes halogenated alkanes) is 1. The van der Waals surface area contributed by atoms with Gasteiger partial charge in [0, 0.05) is 6.04 Å². The molecule has 1 heteroatoms. The smallest absolute Gasteiger partial charge is 0.0320 e. The maximum Gasteiger partial charge on any atom is 0.0320 e. The highest BCUT2D eigenvalue weighted by Crippen LogP contribution is 2.28. The monoisotopic (exact) mass is 247 g/mol. The Kier molecular flexibility index (Phi) is 7.04. The van der Waals surface area contributed by atoms with Crippen LogP contribution in [-0.2, 0) is 0 Å². The zero-order chi connectivity index (χ0) is 13.4. The molecule has 1 aromatic rings. The lowest BCUT2D eigenvalue weighted by Crippen LogP contribution is -2.21. The minimum absolute atomic E-state index is 0.182. The van der Waals surface area contributed by atoms with Gasteiger partial charge < -0.3 is 5.73 Å². The SMILES string of the molecule is CCCCC(CC)CC(C)C(N)c1ccccc1. The Morgan fingerprint density at radius 2 is 1.78 bits per heavy atom. The van der Waals surface area contributed by atoms with Crippen LogP contribution in [0.3, 0.4) is 0 Å². The number of hydrogen-bond acceptors (Lipinski definition) is 1. The number of hydrogen-bond donors (Lipinski definition) is 1. The van der Waals surface area contributed by atoms with Gasteiger partial charge in [-0.15, -0.1) is 0 Å². The summed E-state index contributed by atoms with van der Waals surface area (Å²) < 4.78 is 0. The van der Waals surface area contributed by atoms with E-state index in [-0.39, 0.29) is 6.04 Å². The van der Waals surface area contributed by atoms with E-state index in [1.165, 1.54) is 37.7 Å². The Labute approximate surface area is 113 Å². The summed E-state index contributed by atoms with van der Waals surface area (Å²) >= 11 is 0. The molecule has 1 rings (SSSR count). The summed E-state index contributed by atoms with van der Waals surface area (Å²) in [5, 5.41) is 0. The molecule has 2 N–H and O–H groups in total. The maximum absolute atomic E-state index is 6.37. The first-order valence-electron chi connectivity index (χ1n) is 7.49. The Bertz CT molecular complexity index is 307. The molecule has 0 aliphatic heterocycles. The maximum atomic E-state index is 6.37. The summed E-state index contributed by atoms with van der Waals surface area (Å²) in [4.78, 5) is 0. The molecule has 3 unspecified atom stereocenters. The summed E-state index contributed by atoms with van der Waals surface area (Å²) in [7, 11) is 0. The summed E-state index contributed by atoms with van der Waals surface area (Å²) in [5.74, 6) is 1.41. The highest BCUT2D eigenvalue weighted by atomic mass is 14.6. The second-order valence-electron chi connectivity index (χ2n) is 5.57. The third kappa shape index (κ3) is 4.81. The van der Waals surface area contributed by atoms with Gasteiger partial charge in [-0.25, -0.2) is 0 Å². The van der Waals surface area contributed by atoms with Crippen molar-refractivity contribution in [3.63, 3.8) is 0 Å². The van der Waals surface area contributed by atoms with Crippen molar-refractivity contribution in [2.45, 2.75) is 58.9 Å². The third-order valence-electron chi connectivity index (χ3n) is 4.05. The second-order valence-corrected chi connectivity index (χ2v) is 5.57. The molecule has 1 aromatic carbocycles. The first-order valence-corrected chi connectivity index (χ1v) is 7.49. The second kappa shape index (κ2) is 8.31. The number of nitrogens with two attached hydrogens (primary N) is 1. The van der Waals surface area contributed by atoms with E-state index in [9.17, 15) is 0 Å². The van der Waals surface area contributed by atoms with Crippen molar-refractivity contribution in [1.82, 2.24) is 0 Å². The number of rotatable bonds is 8. The molecular weight excluding hydrogens is 218 g/mol. The van der Waals surface area contributed by atoms with Gasteiger partial charge in [-0.3, -0.25) is 0 Å². The molecule has 0 amide bonds. The Morgan fingerprint density at radius 3 is 2.33 bits per heavy atom. The molecule has 0 spiro atoms. The first-order chi connectivity index (χ1) is 8.69. The molecule has 0 fully saturated rings. The quantitative estimate of drug-likeness (QED) is 0.692. The van der Waals surface area contributed by atoms with Gasteiger partial charge in [-0.2, -0.15) is 0 Å². The van der Waals surface area contributed by atoms with Crippen LogP contribution in [0.15, 0.2) is 30.3 Å². The van der Waals surface area contributed by atoms with E-state index in [1.54, 1.807) is 0 Å². The molecule has 18 heavy (non-hydrogen) atoms. The van der Waals surface area contributed by atoms with Gasteiger partial charge in [0.25, 0.3) is 0 Å². The fourth-order valence-electron chi connectivity index (χ4n) is 2.66. The van der Waals surface area contributed by atoms with Gasteiger partial charge in [0.15, 0.2) is 0 Å². The van der Waals surface area contributed by atoms with Gasteiger partial charge in [0.2, 0.25) is 0 Å². The zero-order valence-electron chi connectivity index (χ0n) is 12.2. The van der Waals surface area contributed by atoms with E-state index < -0.39 is 0 Å². The molecular formula is C17H29N. The van der Waals surface area contributed by atoms with Gasteiger partial charge in [-0.05, 0) is 23.8 Å². The molecule has 1 nitrogen and oxygen atoms in total. The van der Waals surface area contributed by atoms with Crippen molar-refractivity contribution in [2.24, 2.45) is 17.6 Å². The molecule has 0 aliphatic carbocycles. The molecule has 0 aliphatic rings. The highest BCUT2D eigenvalue weighted by molar-refractivity contribution is 5.18. The van der Waals surface area contributed by atoms with Gasteiger partial charge in [-0.1, -0.05) is 76.8 Å². The zero-order valence-corrected chi connectivity index (χ0v) is 12.2. The highest BCUT2D eigenvalue weighted by Gasteiger charge is 2.18. The predicted octanol–water partition coefficient (Wildman–Crippen LogP) is 4.93. The lowest BCUT2D eigenvalue weighted by Gasteiger charge is -2.25. The molecule has 0 aromatic heterocycles. The van der Waals surface area contributed by atoms with Crippen LogP contribution in [-0.4, -0.2) is 0 Å². The van der Waals surface area contributed by atoms with Gasteiger partial charge in [0.1, 0.15) is 0 Å². The minimum Gasteiger partial charge on any atom is -0.324 e. The van der Waals surface area contributed by atoms with E-state index in [2.05, 4.69) is 51.1 Å². The standard InChI is InChI=1S/C17H29N/c1-4-6-10-15(5-2)13-14(3)17(18)16-11-8-7-9-12-16/h7-9,11-12,14-15,17H,4-6,10,13,18H2,1-3H3. The largest absolute Gasteiger partial charge is 0.324 e. The van der Waals surface area contributed by atoms with Crippen LogP contribution >= 0.6 is 0 Å². The summed E-state index contributed by atoms with van der Waals surface area (Å²) in [6.07, 6.45) is 6.55. The van der Waals surface area contributed by atoms with Crippen LogP contribution in [0.2, 0.25) is 0 Å². The molecule has 0 saturated carbocycles. The Balaban J connectivity index is 2.50. The molecule has 3 atom stereocenters. The Hall–Kier alpha value is -0.820. The van der Waals surface area contributed by atoms with Crippen molar-refractivity contribution in [1.29, 1.82) is 0 Å². The van der Waals surface area contributed by atoms with Crippen LogP contribution in [0.4, 0.5) is 0 Å². The van der Waals surface area contributed by atoms with Crippen LogP contribution in [0.25, 0.3) is 0 Å². The van der Waals surface area contributed by atoms with Gasteiger partial charge >= 0.3 is 0 Å². The predicted molar refractivity (Wildman–Crippen MR) is 80.5 cm³/mol. The molecule has 0 bridgehead atoms. The average Bonchev–Trinajstić information content (AvgIpc) is 2.43.